The van der Waals surface area contributed by atoms with E-state index in [2.05, 4.69) is 10.5 Å². The van der Waals surface area contributed by atoms with E-state index in [-0.39, 0.29) is 21.4 Å². The first-order valence-corrected chi connectivity index (χ1v) is 6.62. The number of carbonyl (C=O) groups is 1. The number of halogens is 2. The van der Waals surface area contributed by atoms with Crippen molar-refractivity contribution in [2.24, 2.45) is 10.9 Å². The van der Waals surface area contributed by atoms with E-state index < -0.39 is 5.91 Å². The Morgan fingerprint density at radius 2 is 1.67 bits per heavy atom. The Labute approximate surface area is 131 Å². The van der Waals surface area contributed by atoms with Crippen molar-refractivity contribution in [2.45, 2.75) is 0 Å². The quantitative estimate of drug-likeness (QED) is 0.350. The normalized spacial score (nSPS) is 11.2. The zero-order valence-electron chi connectivity index (χ0n) is 10.7. The summed E-state index contributed by atoms with van der Waals surface area (Å²) in [5, 5.41) is 14.7. The van der Waals surface area contributed by atoms with Crippen LogP contribution in [0.2, 0.25) is 10.0 Å². The number of hydrogen-bond acceptors (Lipinski definition) is 3. The van der Waals surface area contributed by atoms with Crippen LogP contribution in [-0.2, 0) is 0 Å². The molecule has 0 saturated heterocycles. The molecule has 0 unspecified atom stereocenters. The Morgan fingerprint density at radius 3 is 2.19 bits per heavy atom. The summed E-state index contributed by atoms with van der Waals surface area (Å²) in [5.41, 5.74) is 6.73. The largest absolute Gasteiger partial charge is 0.409 e. The van der Waals surface area contributed by atoms with E-state index in [0.717, 1.165) is 0 Å². The van der Waals surface area contributed by atoms with Crippen molar-refractivity contribution in [2.75, 3.05) is 5.32 Å². The Hall–Kier alpha value is -2.24. The first kappa shape index (κ1) is 15.2. The molecule has 5 nitrogen and oxygen atoms in total. The Bertz CT molecular complexity index is 680. The van der Waals surface area contributed by atoms with Crippen molar-refractivity contribution in [1.29, 1.82) is 0 Å². The summed E-state index contributed by atoms with van der Waals surface area (Å²) < 4.78 is 0. The van der Waals surface area contributed by atoms with Crippen LogP contribution in [0, 0.1) is 0 Å². The van der Waals surface area contributed by atoms with Gasteiger partial charge in [-0.05, 0) is 36.4 Å². The molecular weight excluding hydrogens is 313 g/mol. The molecular formula is C14H11Cl2N3O2. The number of amidine groups is 1. The zero-order valence-corrected chi connectivity index (χ0v) is 12.2. The van der Waals surface area contributed by atoms with Crippen LogP contribution in [-0.4, -0.2) is 17.0 Å². The third-order valence-electron chi connectivity index (χ3n) is 2.74. The lowest BCUT2D eigenvalue weighted by Crippen LogP contribution is -2.15. The average Bonchev–Trinajstić information content (AvgIpc) is 2.47. The molecule has 0 aliphatic carbocycles. The molecule has 2 aromatic carbocycles. The van der Waals surface area contributed by atoms with Crippen molar-refractivity contribution >= 4 is 40.6 Å². The van der Waals surface area contributed by atoms with Crippen molar-refractivity contribution in [3.05, 3.63) is 63.6 Å². The minimum absolute atomic E-state index is 0.0120. The summed E-state index contributed by atoms with van der Waals surface area (Å²) in [4.78, 5) is 12.2. The molecule has 0 fully saturated rings. The molecule has 21 heavy (non-hydrogen) atoms. The predicted octanol–water partition coefficient (Wildman–Crippen LogP) is 3.34. The fourth-order valence-corrected chi connectivity index (χ4v) is 2.26. The van der Waals surface area contributed by atoms with Crippen LogP contribution < -0.4 is 11.1 Å². The zero-order chi connectivity index (χ0) is 15.4. The van der Waals surface area contributed by atoms with Gasteiger partial charge in [0.1, 0.15) is 0 Å². The highest BCUT2D eigenvalue weighted by Crippen LogP contribution is 2.25. The number of nitrogens with two attached hydrogens (primary N) is 1. The molecule has 7 heteroatoms. The van der Waals surface area contributed by atoms with Crippen LogP contribution in [0.5, 0.6) is 0 Å². The number of hydrogen-bond donors (Lipinski definition) is 3. The molecule has 108 valence electrons. The molecule has 0 radical (unpaired) electrons. The molecule has 0 heterocycles. The van der Waals surface area contributed by atoms with Gasteiger partial charge in [-0.25, -0.2) is 0 Å². The van der Waals surface area contributed by atoms with Crippen LogP contribution in [0.4, 0.5) is 5.69 Å². The van der Waals surface area contributed by atoms with E-state index in [4.69, 9.17) is 34.1 Å². The Morgan fingerprint density at radius 1 is 1.10 bits per heavy atom. The van der Waals surface area contributed by atoms with Crippen molar-refractivity contribution in [3.63, 3.8) is 0 Å². The molecule has 2 rings (SSSR count). The van der Waals surface area contributed by atoms with Gasteiger partial charge < -0.3 is 16.3 Å². The van der Waals surface area contributed by atoms with Crippen molar-refractivity contribution in [1.82, 2.24) is 0 Å². The van der Waals surface area contributed by atoms with E-state index in [1.807, 2.05) is 0 Å². The van der Waals surface area contributed by atoms with E-state index in [1.54, 1.807) is 42.5 Å². The van der Waals surface area contributed by atoms with E-state index in [1.165, 1.54) is 0 Å². The number of nitrogens with zero attached hydrogens (tertiary/aromatic N) is 1. The van der Waals surface area contributed by atoms with Gasteiger partial charge in [-0.15, -0.1) is 0 Å². The van der Waals surface area contributed by atoms with Gasteiger partial charge in [0.05, 0.1) is 15.6 Å². The third-order valence-corrected chi connectivity index (χ3v) is 3.37. The molecule has 0 aromatic heterocycles. The molecule has 0 atom stereocenters. The van der Waals surface area contributed by atoms with E-state index >= 15 is 0 Å². The maximum atomic E-state index is 12.2. The summed E-state index contributed by atoms with van der Waals surface area (Å²) >= 11 is 11.9. The first-order valence-electron chi connectivity index (χ1n) is 5.86. The molecule has 2 aromatic rings. The third kappa shape index (κ3) is 3.45. The number of nitrogens with one attached hydrogen (secondary N) is 1. The van der Waals surface area contributed by atoms with Crippen LogP contribution >= 0.6 is 23.2 Å². The molecule has 0 bridgehead atoms. The second-order valence-corrected chi connectivity index (χ2v) is 4.93. The van der Waals surface area contributed by atoms with Gasteiger partial charge in [-0.3, -0.25) is 4.79 Å². The van der Waals surface area contributed by atoms with Crippen LogP contribution in [0.25, 0.3) is 0 Å². The summed E-state index contributed by atoms with van der Waals surface area (Å²) in [6.07, 6.45) is 0. The van der Waals surface area contributed by atoms with Crippen LogP contribution in [0.1, 0.15) is 15.9 Å². The molecule has 0 saturated carbocycles. The summed E-state index contributed by atoms with van der Waals surface area (Å²) in [6, 6.07) is 11.3. The molecule has 1 amide bonds. The average molecular weight is 324 g/mol. The van der Waals surface area contributed by atoms with Gasteiger partial charge in [0.15, 0.2) is 5.84 Å². The van der Waals surface area contributed by atoms with E-state index in [9.17, 15) is 4.79 Å². The van der Waals surface area contributed by atoms with Gasteiger partial charge in [0, 0.05) is 11.3 Å². The highest BCUT2D eigenvalue weighted by atomic mass is 35.5. The summed E-state index contributed by atoms with van der Waals surface area (Å²) in [6.45, 7) is 0. The second-order valence-electron chi connectivity index (χ2n) is 4.11. The first-order chi connectivity index (χ1) is 10.0. The highest BCUT2D eigenvalue weighted by Gasteiger charge is 2.14. The fraction of sp³-hybridized carbons (Fsp3) is 0. The lowest BCUT2D eigenvalue weighted by Gasteiger charge is -2.09. The van der Waals surface area contributed by atoms with E-state index in [0.29, 0.717) is 11.3 Å². The molecule has 0 aliphatic rings. The maximum absolute atomic E-state index is 12.2. The monoisotopic (exact) mass is 323 g/mol. The number of carbonyl (C=O) groups excluding carboxylic acids is 1. The van der Waals surface area contributed by atoms with Gasteiger partial charge in [-0.1, -0.05) is 34.4 Å². The fourth-order valence-electron chi connectivity index (χ4n) is 1.69. The van der Waals surface area contributed by atoms with Gasteiger partial charge >= 0.3 is 0 Å². The number of amides is 1. The molecule has 0 aliphatic heterocycles. The minimum atomic E-state index is -0.415. The number of benzene rings is 2. The van der Waals surface area contributed by atoms with Gasteiger partial charge in [0.2, 0.25) is 0 Å². The Kier molecular flexibility index (Phi) is 4.67. The topological polar surface area (TPSA) is 87.7 Å². The second kappa shape index (κ2) is 6.47. The number of oxime groups is 1. The van der Waals surface area contributed by atoms with Crippen molar-refractivity contribution in [3.8, 4) is 0 Å². The van der Waals surface area contributed by atoms with Crippen LogP contribution in [0.3, 0.4) is 0 Å². The lowest BCUT2D eigenvalue weighted by molar-refractivity contribution is 0.102. The predicted molar refractivity (Wildman–Crippen MR) is 83.4 cm³/mol. The number of anilines is 1. The molecule has 4 N–H and O–H groups in total. The Balaban J connectivity index is 2.20. The summed E-state index contributed by atoms with van der Waals surface area (Å²) in [5.74, 6) is -0.427. The summed E-state index contributed by atoms with van der Waals surface area (Å²) in [7, 11) is 0. The SMILES string of the molecule is N/C(=N/O)c1ccc(NC(=O)c2c(Cl)cccc2Cl)cc1. The standard InChI is InChI=1S/C14H11Cl2N3O2/c15-10-2-1-3-11(16)12(10)14(20)18-9-6-4-8(5-7-9)13(17)19-21/h1-7,21H,(H2,17,19)(H,18,20). The van der Waals surface area contributed by atoms with Crippen LogP contribution in [0.15, 0.2) is 47.6 Å². The van der Waals surface area contributed by atoms with Gasteiger partial charge in [0.25, 0.3) is 5.91 Å². The molecule has 0 spiro atoms. The minimum Gasteiger partial charge on any atom is -0.409 e. The maximum Gasteiger partial charge on any atom is 0.258 e. The lowest BCUT2D eigenvalue weighted by atomic mass is 10.1. The van der Waals surface area contributed by atoms with Crippen molar-refractivity contribution < 1.29 is 10.0 Å². The van der Waals surface area contributed by atoms with Gasteiger partial charge in [-0.2, -0.15) is 0 Å². The highest BCUT2D eigenvalue weighted by molar-refractivity contribution is 6.40. The smallest absolute Gasteiger partial charge is 0.258 e. The number of rotatable bonds is 3.